The van der Waals surface area contributed by atoms with Crippen LogP contribution in [-0.4, -0.2) is 11.9 Å². The van der Waals surface area contributed by atoms with Crippen LogP contribution in [0.25, 0.3) is 11.1 Å². The van der Waals surface area contributed by atoms with Crippen molar-refractivity contribution in [3.05, 3.63) is 53.6 Å². The van der Waals surface area contributed by atoms with Crippen LogP contribution >= 0.6 is 0 Å². The van der Waals surface area contributed by atoms with Crippen LogP contribution in [0.3, 0.4) is 0 Å². The first-order chi connectivity index (χ1) is 9.95. The molecule has 2 aromatic carbocycles. The SMILES string of the molecule is Cc1ccc(-c2cccc(N=C(N)N=C(N)N)c2)cc1C. The highest BCUT2D eigenvalue weighted by Gasteiger charge is 2.01. The third-order valence-electron chi connectivity index (χ3n) is 3.17. The molecule has 108 valence electrons. The van der Waals surface area contributed by atoms with E-state index in [0.29, 0.717) is 5.69 Å². The number of hydrogen-bond donors (Lipinski definition) is 3. The van der Waals surface area contributed by atoms with E-state index >= 15 is 0 Å². The van der Waals surface area contributed by atoms with Crippen molar-refractivity contribution in [1.29, 1.82) is 0 Å². The van der Waals surface area contributed by atoms with Gasteiger partial charge >= 0.3 is 0 Å². The van der Waals surface area contributed by atoms with Gasteiger partial charge in [0, 0.05) is 0 Å². The number of nitrogens with two attached hydrogens (primary N) is 3. The summed E-state index contributed by atoms with van der Waals surface area (Å²) in [7, 11) is 0. The van der Waals surface area contributed by atoms with E-state index < -0.39 is 0 Å². The van der Waals surface area contributed by atoms with Crippen LogP contribution in [0, 0.1) is 13.8 Å². The van der Waals surface area contributed by atoms with E-state index in [-0.39, 0.29) is 11.9 Å². The van der Waals surface area contributed by atoms with E-state index in [2.05, 4.69) is 42.0 Å². The minimum absolute atomic E-state index is 0.0345. The van der Waals surface area contributed by atoms with Gasteiger partial charge in [-0.05, 0) is 48.2 Å². The number of nitrogens with zero attached hydrogens (tertiary/aromatic N) is 2. The second-order valence-corrected chi connectivity index (χ2v) is 4.86. The first-order valence-electron chi connectivity index (χ1n) is 6.57. The Bertz CT molecular complexity index is 712. The normalized spacial score (nSPS) is 11.2. The molecule has 5 nitrogen and oxygen atoms in total. The molecule has 6 N–H and O–H groups in total. The molecule has 0 aliphatic carbocycles. The fourth-order valence-electron chi connectivity index (χ4n) is 1.97. The average Bonchev–Trinajstić information content (AvgIpc) is 2.41. The summed E-state index contributed by atoms with van der Waals surface area (Å²) in [6, 6.07) is 14.1. The zero-order valence-corrected chi connectivity index (χ0v) is 12.2. The molecule has 0 spiro atoms. The van der Waals surface area contributed by atoms with Crippen LogP contribution in [0.4, 0.5) is 5.69 Å². The summed E-state index contributed by atoms with van der Waals surface area (Å²) in [6.07, 6.45) is 0. The highest BCUT2D eigenvalue weighted by molar-refractivity contribution is 5.93. The molecule has 0 aliphatic rings. The summed E-state index contributed by atoms with van der Waals surface area (Å²) < 4.78 is 0. The first kappa shape index (κ1) is 14.6. The lowest BCUT2D eigenvalue weighted by atomic mass is 10.0. The van der Waals surface area contributed by atoms with Gasteiger partial charge in [-0.25, -0.2) is 4.99 Å². The van der Waals surface area contributed by atoms with Crippen LogP contribution in [-0.2, 0) is 0 Å². The maximum absolute atomic E-state index is 5.64. The predicted octanol–water partition coefficient (Wildman–Crippen LogP) is 2.19. The number of aryl methyl sites for hydroxylation is 2. The predicted molar refractivity (Wildman–Crippen MR) is 88.4 cm³/mol. The lowest BCUT2D eigenvalue weighted by Crippen LogP contribution is -2.26. The fourth-order valence-corrected chi connectivity index (χ4v) is 1.97. The van der Waals surface area contributed by atoms with Crippen LogP contribution < -0.4 is 17.2 Å². The number of benzene rings is 2. The van der Waals surface area contributed by atoms with Gasteiger partial charge < -0.3 is 17.2 Å². The molecule has 5 heteroatoms. The van der Waals surface area contributed by atoms with Gasteiger partial charge in [-0.3, -0.25) is 0 Å². The summed E-state index contributed by atoms with van der Waals surface area (Å²) in [5, 5.41) is 0. The second kappa shape index (κ2) is 6.09. The van der Waals surface area contributed by atoms with Crippen molar-refractivity contribution in [2.45, 2.75) is 13.8 Å². The van der Waals surface area contributed by atoms with E-state index in [1.807, 2.05) is 24.3 Å². The number of hydrogen-bond acceptors (Lipinski definition) is 1. The smallest absolute Gasteiger partial charge is 0.223 e. The summed E-state index contributed by atoms with van der Waals surface area (Å²) >= 11 is 0. The lowest BCUT2D eigenvalue weighted by Gasteiger charge is -2.06. The van der Waals surface area contributed by atoms with Crippen molar-refractivity contribution < 1.29 is 0 Å². The van der Waals surface area contributed by atoms with Crippen molar-refractivity contribution >= 4 is 17.6 Å². The molecule has 2 aromatic rings. The summed E-state index contributed by atoms with van der Waals surface area (Å²) in [5.74, 6) is -0.0752. The Morgan fingerprint density at radius 1 is 0.857 bits per heavy atom. The molecule has 0 amide bonds. The summed E-state index contributed by atoms with van der Waals surface area (Å²) in [4.78, 5) is 7.87. The number of aliphatic imine (C=N–C) groups is 2. The standard InChI is InChI=1S/C16H19N5/c1-10-6-7-13(8-11(10)2)12-4-3-5-14(9-12)20-16(19)21-15(17)18/h3-9H,1-2H3,(H6,17,18,19,20,21). The fraction of sp³-hybridized carbons (Fsp3) is 0.125. The average molecular weight is 281 g/mol. The van der Waals surface area contributed by atoms with Crippen LogP contribution in [0.2, 0.25) is 0 Å². The molecule has 0 bridgehead atoms. The molecule has 21 heavy (non-hydrogen) atoms. The van der Waals surface area contributed by atoms with Gasteiger partial charge in [0.15, 0.2) is 5.96 Å². The monoisotopic (exact) mass is 281 g/mol. The quantitative estimate of drug-likeness (QED) is 0.580. The largest absolute Gasteiger partial charge is 0.370 e. The molecule has 2 rings (SSSR count). The summed E-state index contributed by atoms with van der Waals surface area (Å²) in [5.41, 5.74) is 21.6. The van der Waals surface area contributed by atoms with E-state index in [4.69, 9.17) is 17.2 Å². The van der Waals surface area contributed by atoms with E-state index in [1.165, 1.54) is 11.1 Å². The molecule has 0 radical (unpaired) electrons. The number of rotatable bonds is 2. The van der Waals surface area contributed by atoms with Gasteiger partial charge in [0.2, 0.25) is 5.96 Å². The van der Waals surface area contributed by atoms with Gasteiger partial charge in [-0.1, -0.05) is 30.3 Å². The molecule has 0 unspecified atom stereocenters. The maximum Gasteiger partial charge on any atom is 0.223 e. The molecule has 0 heterocycles. The minimum atomic E-state index is -0.110. The Hall–Kier alpha value is -2.82. The highest BCUT2D eigenvalue weighted by atomic mass is 15.1. The topological polar surface area (TPSA) is 103 Å². The molecule has 0 saturated carbocycles. The molecular formula is C16H19N5. The first-order valence-corrected chi connectivity index (χ1v) is 6.57. The molecule has 0 atom stereocenters. The highest BCUT2D eigenvalue weighted by Crippen LogP contribution is 2.25. The van der Waals surface area contributed by atoms with Gasteiger partial charge in [0.25, 0.3) is 0 Å². The third kappa shape index (κ3) is 3.82. The second-order valence-electron chi connectivity index (χ2n) is 4.86. The van der Waals surface area contributed by atoms with Crippen LogP contribution in [0.15, 0.2) is 52.4 Å². The lowest BCUT2D eigenvalue weighted by molar-refractivity contribution is 1.34. The van der Waals surface area contributed by atoms with Crippen molar-refractivity contribution in [3.8, 4) is 11.1 Å². The molecule has 0 fully saturated rings. The summed E-state index contributed by atoms with van der Waals surface area (Å²) in [6.45, 7) is 4.19. The Balaban J connectivity index is 2.37. The van der Waals surface area contributed by atoms with Crippen LogP contribution in [0.5, 0.6) is 0 Å². The zero-order valence-electron chi connectivity index (χ0n) is 12.2. The van der Waals surface area contributed by atoms with E-state index in [1.54, 1.807) is 0 Å². The minimum Gasteiger partial charge on any atom is -0.370 e. The Labute approximate surface area is 124 Å². The molecular weight excluding hydrogens is 262 g/mol. The van der Waals surface area contributed by atoms with Gasteiger partial charge in [0.05, 0.1) is 5.69 Å². The van der Waals surface area contributed by atoms with Crippen molar-refractivity contribution in [2.24, 2.45) is 27.2 Å². The Kier molecular flexibility index (Phi) is 4.23. The Morgan fingerprint density at radius 2 is 1.57 bits per heavy atom. The maximum atomic E-state index is 5.64. The zero-order chi connectivity index (χ0) is 15.4. The molecule has 0 aromatic heterocycles. The van der Waals surface area contributed by atoms with Crippen molar-refractivity contribution in [3.63, 3.8) is 0 Å². The van der Waals surface area contributed by atoms with E-state index in [9.17, 15) is 0 Å². The molecule has 0 aliphatic heterocycles. The number of guanidine groups is 2. The van der Waals surface area contributed by atoms with Gasteiger partial charge in [-0.2, -0.15) is 4.99 Å². The Morgan fingerprint density at radius 3 is 2.24 bits per heavy atom. The molecule has 0 saturated heterocycles. The van der Waals surface area contributed by atoms with E-state index in [0.717, 1.165) is 11.1 Å². The van der Waals surface area contributed by atoms with Crippen molar-refractivity contribution in [1.82, 2.24) is 0 Å². The van der Waals surface area contributed by atoms with Gasteiger partial charge in [0.1, 0.15) is 0 Å². The van der Waals surface area contributed by atoms with Crippen LogP contribution in [0.1, 0.15) is 11.1 Å². The van der Waals surface area contributed by atoms with Crippen molar-refractivity contribution in [2.75, 3.05) is 0 Å². The third-order valence-corrected chi connectivity index (χ3v) is 3.17. The van der Waals surface area contributed by atoms with Gasteiger partial charge in [-0.15, -0.1) is 0 Å².